The number of pyridine rings is 1. The van der Waals surface area contributed by atoms with E-state index in [9.17, 15) is 9.59 Å². The molecule has 0 saturated heterocycles. The number of carbonyl (C=O) groups is 2. The minimum absolute atomic E-state index is 0.0567. The topological polar surface area (TPSA) is 77.5 Å². The molecule has 1 aromatic carbocycles. The third-order valence-electron chi connectivity index (χ3n) is 3.04. The molecule has 22 heavy (non-hydrogen) atoms. The van der Waals surface area contributed by atoms with E-state index in [2.05, 4.69) is 10.3 Å². The van der Waals surface area contributed by atoms with Gasteiger partial charge in [-0.3, -0.25) is 9.59 Å². The van der Waals surface area contributed by atoms with Gasteiger partial charge in [-0.25, -0.2) is 4.98 Å². The number of nitrogens with zero attached hydrogens (tertiary/aromatic N) is 1. The summed E-state index contributed by atoms with van der Waals surface area (Å²) in [6.45, 7) is 2.04. The Bertz CT molecular complexity index is 685. The van der Waals surface area contributed by atoms with Gasteiger partial charge in [-0.05, 0) is 19.1 Å². The monoisotopic (exact) mass is 302 g/mol. The van der Waals surface area contributed by atoms with Crippen LogP contribution in [0, 0.1) is 0 Å². The molecule has 1 aromatic heterocycles. The molecule has 2 aromatic rings. The lowest BCUT2D eigenvalue weighted by Crippen LogP contribution is -2.15. The van der Waals surface area contributed by atoms with Crippen LogP contribution >= 0.6 is 0 Å². The van der Waals surface area contributed by atoms with E-state index in [4.69, 9.17) is 9.47 Å². The van der Waals surface area contributed by atoms with Crippen molar-refractivity contribution in [2.75, 3.05) is 19.0 Å². The van der Waals surface area contributed by atoms with Crippen LogP contribution in [-0.2, 0) is 14.3 Å². The number of hydrogen-bond donors (Lipinski definition) is 1. The fourth-order valence-corrected chi connectivity index (χ4v) is 2.01. The number of methoxy groups -OCH3 is 1. The quantitative estimate of drug-likeness (QED) is 0.830. The molecule has 116 valence electrons. The first kappa shape index (κ1) is 15.8. The van der Waals surface area contributed by atoms with Gasteiger partial charge in [0, 0.05) is 17.9 Å². The smallest absolute Gasteiger partial charge is 0.306 e. The second kappa shape index (κ2) is 7.40. The van der Waals surface area contributed by atoms with Crippen molar-refractivity contribution in [2.45, 2.75) is 19.8 Å². The number of aromatic nitrogens is 1. The Morgan fingerprint density at radius 2 is 2.00 bits per heavy atom. The van der Waals surface area contributed by atoms with E-state index in [1.54, 1.807) is 19.1 Å². The molecular formula is C16H18N2O4. The Labute approximate surface area is 128 Å². The van der Waals surface area contributed by atoms with Crippen molar-refractivity contribution in [1.29, 1.82) is 0 Å². The molecule has 2 rings (SSSR count). The van der Waals surface area contributed by atoms with E-state index >= 15 is 0 Å². The molecule has 0 unspecified atom stereocenters. The van der Waals surface area contributed by atoms with Gasteiger partial charge in [-0.1, -0.05) is 12.1 Å². The summed E-state index contributed by atoms with van der Waals surface area (Å²) < 4.78 is 9.90. The number of fused-ring (bicyclic) bond motifs is 1. The lowest BCUT2D eigenvalue weighted by molar-refractivity contribution is -0.144. The molecule has 0 aliphatic carbocycles. The predicted molar refractivity (Wildman–Crippen MR) is 82.8 cm³/mol. The van der Waals surface area contributed by atoms with Crippen molar-refractivity contribution in [1.82, 2.24) is 4.98 Å². The molecule has 0 bridgehead atoms. The summed E-state index contributed by atoms with van der Waals surface area (Å²) in [5.74, 6) is -0.166. The number of para-hydroxylation sites is 1. The zero-order valence-electron chi connectivity index (χ0n) is 12.6. The number of carbonyl (C=O) groups excluding carboxylic acids is 2. The van der Waals surface area contributed by atoms with Crippen LogP contribution in [-0.4, -0.2) is 30.6 Å². The predicted octanol–water partition coefficient (Wildman–Crippen LogP) is 2.53. The van der Waals surface area contributed by atoms with Crippen LogP contribution < -0.4 is 10.1 Å². The van der Waals surface area contributed by atoms with Crippen molar-refractivity contribution in [3.8, 4) is 5.88 Å². The molecule has 6 nitrogen and oxygen atoms in total. The minimum atomic E-state index is -0.379. The first-order chi connectivity index (χ1) is 10.6. The summed E-state index contributed by atoms with van der Waals surface area (Å²) >= 11 is 0. The van der Waals surface area contributed by atoms with Crippen molar-refractivity contribution in [2.24, 2.45) is 0 Å². The lowest BCUT2D eigenvalue weighted by Gasteiger charge is -2.09. The minimum Gasteiger partial charge on any atom is -0.481 e. The molecule has 0 radical (unpaired) electrons. The Morgan fingerprint density at radius 1 is 1.18 bits per heavy atom. The normalized spacial score (nSPS) is 10.3. The van der Waals surface area contributed by atoms with Gasteiger partial charge < -0.3 is 14.8 Å². The maximum Gasteiger partial charge on any atom is 0.306 e. The molecule has 1 heterocycles. The SMILES string of the molecule is CCOC(=O)CCC(=O)Nc1cccc2ccc(OC)nc12. The maximum absolute atomic E-state index is 11.9. The van der Waals surface area contributed by atoms with Crippen LogP contribution in [0.25, 0.3) is 10.9 Å². The summed E-state index contributed by atoms with van der Waals surface area (Å²) in [5.41, 5.74) is 1.23. The van der Waals surface area contributed by atoms with E-state index in [0.717, 1.165) is 5.39 Å². The molecule has 0 spiro atoms. The van der Waals surface area contributed by atoms with Crippen molar-refractivity contribution in [3.63, 3.8) is 0 Å². The molecule has 6 heteroatoms. The summed E-state index contributed by atoms with van der Waals surface area (Å²) in [6, 6.07) is 9.12. The fourth-order valence-electron chi connectivity index (χ4n) is 2.01. The first-order valence-corrected chi connectivity index (χ1v) is 7.03. The number of hydrogen-bond acceptors (Lipinski definition) is 5. The third kappa shape index (κ3) is 3.94. The zero-order chi connectivity index (χ0) is 15.9. The van der Waals surface area contributed by atoms with Gasteiger partial charge in [0.25, 0.3) is 0 Å². The number of anilines is 1. The molecule has 0 aliphatic rings. The number of rotatable bonds is 6. The van der Waals surface area contributed by atoms with E-state index < -0.39 is 0 Å². The van der Waals surface area contributed by atoms with Gasteiger partial charge in [-0.15, -0.1) is 0 Å². The van der Waals surface area contributed by atoms with E-state index in [0.29, 0.717) is 23.7 Å². The molecular weight excluding hydrogens is 284 g/mol. The summed E-state index contributed by atoms with van der Waals surface area (Å²) in [4.78, 5) is 27.5. The highest BCUT2D eigenvalue weighted by atomic mass is 16.5. The molecule has 0 fully saturated rings. The Hall–Kier alpha value is -2.63. The first-order valence-electron chi connectivity index (χ1n) is 7.03. The van der Waals surface area contributed by atoms with Crippen molar-refractivity contribution >= 4 is 28.5 Å². The van der Waals surface area contributed by atoms with Gasteiger partial charge in [0.1, 0.15) is 0 Å². The van der Waals surface area contributed by atoms with Crippen LogP contribution in [0.15, 0.2) is 30.3 Å². The molecule has 0 aliphatic heterocycles. The van der Waals surface area contributed by atoms with Crippen LogP contribution in [0.5, 0.6) is 5.88 Å². The number of ether oxygens (including phenoxy) is 2. The largest absolute Gasteiger partial charge is 0.481 e. The zero-order valence-corrected chi connectivity index (χ0v) is 12.6. The van der Waals surface area contributed by atoms with Gasteiger partial charge in [0.15, 0.2) is 0 Å². The third-order valence-corrected chi connectivity index (χ3v) is 3.04. The molecule has 1 N–H and O–H groups in total. The van der Waals surface area contributed by atoms with Crippen LogP contribution in [0.1, 0.15) is 19.8 Å². The standard InChI is InChI=1S/C16H18N2O4/c1-3-22-15(20)10-8-13(19)17-12-6-4-5-11-7-9-14(21-2)18-16(11)12/h4-7,9H,3,8,10H2,1-2H3,(H,17,19). The fraction of sp³-hybridized carbons (Fsp3) is 0.312. The maximum atomic E-state index is 11.9. The Balaban J connectivity index is 2.10. The second-order valence-electron chi connectivity index (χ2n) is 4.58. The summed E-state index contributed by atoms with van der Waals surface area (Å²) in [5, 5.41) is 3.66. The average Bonchev–Trinajstić information content (AvgIpc) is 2.53. The second-order valence-corrected chi connectivity index (χ2v) is 4.58. The summed E-state index contributed by atoms with van der Waals surface area (Å²) in [6.07, 6.45) is 0.125. The highest BCUT2D eigenvalue weighted by Crippen LogP contribution is 2.24. The number of esters is 1. The van der Waals surface area contributed by atoms with Crippen LogP contribution in [0.2, 0.25) is 0 Å². The van der Waals surface area contributed by atoms with Crippen molar-refractivity contribution < 1.29 is 19.1 Å². The molecule has 0 atom stereocenters. The average molecular weight is 302 g/mol. The van der Waals surface area contributed by atoms with Gasteiger partial charge >= 0.3 is 5.97 Å². The Kier molecular flexibility index (Phi) is 5.30. The van der Waals surface area contributed by atoms with Crippen LogP contribution in [0.4, 0.5) is 5.69 Å². The Morgan fingerprint density at radius 3 is 2.73 bits per heavy atom. The van der Waals surface area contributed by atoms with E-state index in [-0.39, 0.29) is 24.7 Å². The molecule has 1 amide bonds. The van der Waals surface area contributed by atoms with E-state index in [1.807, 2.05) is 18.2 Å². The highest BCUT2D eigenvalue weighted by molar-refractivity contribution is 6.01. The highest BCUT2D eigenvalue weighted by Gasteiger charge is 2.10. The van der Waals surface area contributed by atoms with Gasteiger partial charge in [0.2, 0.25) is 11.8 Å². The molecule has 0 saturated carbocycles. The number of benzene rings is 1. The van der Waals surface area contributed by atoms with E-state index in [1.165, 1.54) is 7.11 Å². The number of nitrogens with one attached hydrogen (secondary N) is 1. The summed E-state index contributed by atoms with van der Waals surface area (Å²) in [7, 11) is 1.54. The van der Waals surface area contributed by atoms with Crippen LogP contribution in [0.3, 0.4) is 0 Å². The van der Waals surface area contributed by atoms with Gasteiger partial charge in [-0.2, -0.15) is 0 Å². The van der Waals surface area contributed by atoms with Crippen molar-refractivity contribution in [3.05, 3.63) is 30.3 Å². The number of amides is 1. The lowest BCUT2D eigenvalue weighted by atomic mass is 10.2. The van der Waals surface area contributed by atoms with Gasteiger partial charge in [0.05, 0.1) is 31.3 Å².